The van der Waals surface area contributed by atoms with Crippen molar-refractivity contribution in [3.8, 4) is 6.07 Å². The van der Waals surface area contributed by atoms with Crippen LogP contribution in [0.2, 0.25) is 0 Å². The van der Waals surface area contributed by atoms with E-state index < -0.39 is 0 Å². The summed E-state index contributed by atoms with van der Waals surface area (Å²) in [5, 5.41) is 11.4. The average molecular weight is 386 g/mol. The highest BCUT2D eigenvalue weighted by Gasteiger charge is 2.23. The predicted molar refractivity (Wildman–Crippen MR) is 107 cm³/mol. The van der Waals surface area contributed by atoms with E-state index in [4.69, 9.17) is 0 Å². The molecular formula is C18H15N3OS3. The largest absolute Gasteiger partial charge is 0.305 e. The second-order valence-electron chi connectivity index (χ2n) is 5.60. The molecule has 0 aliphatic rings. The number of carbonyl (C=O) groups is 1. The van der Waals surface area contributed by atoms with E-state index >= 15 is 0 Å². The third-order valence-corrected chi connectivity index (χ3v) is 5.57. The van der Waals surface area contributed by atoms with Gasteiger partial charge in [0, 0.05) is 16.6 Å². The Kier molecular flexibility index (Phi) is 5.23. The standard InChI is InChI=1S/C18H15N3OS3/c1-11(2)21(13-5-6-15-16(9-13)25-18(23)20-15)17(22)12(10-19)8-14-4-3-7-24-14/h3-9,11H,1-2H3,(H,20,23)/b12-8-. The van der Waals surface area contributed by atoms with Crippen molar-refractivity contribution in [3.63, 3.8) is 0 Å². The number of hydrogen-bond donors (Lipinski definition) is 1. The van der Waals surface area contributed by atoms with Crippen LogP contribution in [-0.2, 0) is 4.79 Å². The lowest BCUT2D eigenvalue weighted by molar-refractivity contribution is -0.115. The highest BCUT2D eigenvalue weighted by molar-refractivity contribution is 7.82. The Morgan fingerprint density at radius 1 is 1.40 bits per heavy atom. The molecule has 0 radical (unpaired) electrons. The molecule has 3 rings (SSSR count). The minimum Gasteiger partial charge on any atom is -0.305 e. The van der Waals surface area contributed by atoms with Crippen molar-refractivity contribution in [1.29, 1.82) is 5.26 Å². The summed E-state index contributed by atoms with van der Waals surface area (Å²) >= 11 is 7.24. The van der Waals surface area contributed by atoms with Crippen LogP contribution in [0, 0.1) is 11.3 Å². The Balaban J connectivity index is 2.01. The Labute approximate surface area is 159 Å². The van der Waals surface area contributed by atoms with Gasteiger partial charge in [0.2, 0.25) is 0 Å². The second kappa shape index (κ2) is 7.40. The summed E-state index contributed by atoms with van der Waals surface area (Å²) in [6.45, 7) is 3.86. The third kappa shape index (κ3) is 3.76. The molecule has 0 N–H and O–H groups in total. The van der Waals surface area contributed by atoms with E-state index in [1.807, 2.05) is 55.6 Å². The summed E-state index contributed by atoms with van der Waals surface area (Å²) in [5.41, 5.74) is 1.72. The van der Waals surface area contributed by atoms with Crippen molar-refractivity contribution in [2.24, 2.45) is 0 Å². The van der Waals surface area contributed by atoms with Gasteiger partial charge in [0.25, 0.3) is 5.91 Å². The summed E-state index contributed by atoms with van der Waals surface area (Å²) in [6.07, 6.45) is 1.64. The molecule has 0 saturated heterocycles. The molecule has 0 spiro atoms. The summed E-state index contributed by atoms with van der Waals surface area (Å²) < 4.78 is 1.64. The maximum absolute atomic E-state index is 13.0. The molecule has 1 amide bonds. The van der Waals surface area contributed by atoms with Gasteiger partial charge in [-0.25, -0.2) is 4.98 Å². The number of fused-ring (bicyclic) bond motifs is 1. The fourth-order valence-corrected chi connectivity index (χ4v) is 4.29. The van der Waals surface area contributed by atoms with Crippen LogP contribution in [0.15, 0.2) is 45.6 Å². The fourth-order valence-electron chi connectivity index (χ4n) is 2.49. The van der Waals surface area contributed by atoms with Crippen LogP contribution in [0.25, 0.3) is 16.3 Å². The average Bonchev–Trinajstić information content (AvgIpc) is 3.20. The number of amides is 1. The van der Waals surface area contributed by atoms with Crippen LogP contribution in [0.1, 0.15) is 18.7 Å². The molecule has 1 aromatic carbocycles. The van der Waals surface area contributed by atoms with Gasteiger partial charge in [-0.2, -0.15) is 5.26 Å². The predicted octanol–water partition coefficient (Wildman–Crippen LogP) is 5.00. The number of nitrogens with zero attached hydrogens (tertiary/aromatic N) is 3. The van der Waals surface area contributed by atoms with Gasteiger partial charge >= 0.3 is 0 Å². The number of thiophene rings is 1. The molecule has 0 aliphatic heterocycles. The lowest BCUT2D eigenvalue weighted by Gasteiger charge is -2.26. The smallest absolute Gasteiger partial charge is 0.269 e. The number of thiazole rings is 1. The number of carbonyl (C=O) groups excluding carboxylic acids is 1. The first-order valence-corrected chi connectivity index (χ1v) is 9.72. The first kappa shape index (κ1) is 17.7. The SMILES string of the molecule is CC(C)N(C(=O)/C(C#N)=C\c1cccs1)c1ccc2nc(S)sc2c1. The van der Waals surface area contributed by atoms with E-state index in [2.05, 4.69) is 17.6 Å². The van der Waals surface area contributed by atoms with E-state index in [0.717, 1.165) is 20.8 Å². The molecule has 0 unspecified atom stereocenters. The van der Waals surface area contributed by atoms with Crippen LogP contribution in [0.3, 0.4) is 0 Å². The number of anilines is 1. The quantitative estimate of drug-likeness (QED) is 0.391. The van der Waals surface area contributed by atoms with Gasteiger partial charge in [0.1, 0.15) is 16.0 Å². The molecule has 0 bridgehead atoms. The number of nitriles is 1. The summed E-state index contributed by atoms with van der Waals surface area (Å²) in [6, 6.07) is 11.4. The molecule has 2 aromatic heterocycles. The number of benzene rings is 1. The normalized spacial score (nSPS) is 11.7. The summed E-state index contributed by atoms with van der Waals surface area (Å²) in [7, 11) is 0. The number of rotatable bonds is 4. The van der Waals surface area contributed by atoms with Gasteiger partial charge in [-0.15, -0.1) is 35.3 Å². The number of hydrogen-bond acceptors (Lipinski definition) is 6. The highest BCUT2D eigenvalue weighted by atomic mass is 32.2. The summed E-state index contributed by atoms with van der Waals surface area (Å²) in [4.78, 5) is 19.8. The molecule has 0 aliphatic carbocycles. The maximum atomic E-state index is 13.0. The van der Waals surface area contributed by atoms with Crippen molar-refractivity contribution >= 4 is 63.2 Å². The zero-order chi connectivity index (χ0) is 18.0. The molecule has 3 aromatic rings. The Hall–Kier alpha value is -2.14. The monoisotopic (exact) mass is 385 g/mol. The minimum absolute atomic E-state index is 0.0894. The summed E-state index contributed by atoms with van der Waals surface area (Å²) in [5.74, 6) is -0.305. The first-order chi connectivity index (χ1) is 12.0. The molecule has 0 atom stereocenters. The van der Waals surface area contributed by atoms with Crippen LogP contribution in [0.4, 0.5) is 5.69 Å². The molecule has 7 heteroatoms. The van der Waals surface area contributed by atoms with Crippen LogP contribution in [-0.4, -0.2) is 16.9 Å². The second-order valence-corrected chi connectivity index (χ2v) is 8.34. The molecule has 2 heterocycles. The molecule has 4 nitrogen and oxygen atoms in total. The van der Waals surface area contributed by atoms with E-state index in [9.17, 15) is 10.1 Å². The van der Waals surface area contributed by atoms with Crippen molar-refractivity contribution in [2.45, 2.75) is 24.2 Å². The topological polar surface area (TPSA) is 57.0 Å². The lowest BCUT2D eigenvalue weighted by Crippen LogP contribution is -2.37. The molecule has 126 valence electrons. The molecular weight excluding hydrogens is 370 g/mol. The van der Waals surface area contributed by atoms with Crippen molar-refractivity contribution in [2.75, 3.05) is 4.90 Å². The third-order valence-electron chi connectivity index (χ3n) is 3.55. The van der Waals surface area contributed by atoms with Crippen molar-refractivity contribution < 1.29 is 4.79 Å². The molecule has 0 saturated carbocycles. The van der Waals surface area contributed by atoms with Crippen LogP contribution in [0.5, 0.6) is 0 Å². The Morgan fingerprint density at radius 3 is 2.84 bits per heavy atom. The van der Waals surface area contributed by atoms with Gasteiger partial charge < -0.3 is 4.90 Å². The van der Waals surface area contributed by atoms with E-state index in [1.54, 1.807) is 11.0 Å². The van der Waals surface area contributed by atoms with Crippen molar-refractivity contribution in [1.82, 2.24) is 4.98 Å². The zero-order valence-electron chi connectivity index (χ0n) is 13.6. The van der Waals surface area contributed by atoms with Gasteiger partial charge in [-0.3, -0.25) is 4.79 Å². The lowest BCUT2D eigenvalue weighted by atomic mass is 10.1. The number of aromatic nitrogens is 1. The molecule has 0 fully saturated rings. The highest BCUT2D eigenvalue weighted by Crippen LogP contribution is 2.30. The molecule has 25 heavy (non-hydrogen) atoms. The Bertz CT molecular complexity index is 981. The van der Waals surface area contributed by atoms with Gasteiger partial charge in [-0.05, 0) is 49.6 Å². The van der Waals surface area contributed by atoms with E-state index in [0.29, 0.717) is 4.34 Å². The van der Waals surface area contributed by atoms with Gasteiger partial charge in [0.15, 0.2) is 0 Å². The van der Waals surface area contributed by atoms with E-state index in [1.165, 1.54) is 22.7 Å². The van der Waals surface area contributed by atoms with Crippen LogP contribution < -0.4 is 4.90 Å². The first-order valence-electron chi connectivity index (χ1n) is 7.58. The Morgan fingerprint density at radius 2 is 2.20 bits per heavy atom. The maximum Gasteiger partial charge on any atom is 0.269 e. The minimum atomic E-state index is -0.305. The number of thiol groups is 1. The van der Waals surface area contributed by atoms with Crippen molar-refractivity contribution in [3.05, 3.63) is 46.2 Å². The van der Waals surface area contributed by atoms with E-state index in [-0.39, 0.29) is 17.5 Å². The van der Waals surface area contributed by atoms with Gasteiger partial charge in [0.05, 0.1) is 10.2 Å². The van der Waals surface area contributed by atoms with Gasteiger partial charge in [-0.1, -0.05) is 6.07 Å². The zero-order valence-corrected chi connectivity index (χ0v) is 16.2. The fraction of sp³-hybridized carbons (Fsp3) is 0.167. The van der Waals surface area contributed by atoms with Crippen LogP contribution >= 0.6 is 35.3 Å².